The first-order valence-electron chi connectivity index (χ1n) is 12.4. The fraction of sp³-hybridized carbons (Fsp3) is 0.276. The van der Waals surface area contributed by atoms with Crippen molar-refractivity contribution in [2.45, 2.75) is 44.6 Å². The Bertz CT molecular complexity index is 1250. The summed E-state index contributed by atoms with van der Waals surface area (Å²) in [5.74, 6) is 4.56. The summed E-state index contributed by atoms with van der Waals surface area (Å²) >= 11 is 0. The number of unbranched alkanes of at least 4 members (excludes halogenated alkanes) is 1. The summed E-state index contributed by atoms with van der Waals surface area (Å²) in [4.78, 5) is 33.0. The number of H-pyrrole nitrogens is 1. The molecule has 0 saturated carbocycles. The van der Waals surface area contributed by atoms with Gasteiger partial charge in [-0.05, 0) is 47.6 Å². The molecular formula is C29H33N5O2. The minimum atomic E-state index is -0.790. The van der Waals surface area contributed by atoms with Gasteiger partial charge in [0.1, 0.15) is 6.04 Å². The van der Waals surface area contributed by atoms with Crippen LogP contribution in [0.25, 0.3) is 10.8 Å². The minimum absolute atomic E-state index is 0.143. The topological polar surface area (TPSA) is 113 Å². The Morgan fingerprint density at radius 2 is 1.67 bits per heavy atom. The van der Waals surface area contributed by atoms with Crippen molar-refractivity contribution in [2.24, 2.45) is 11.8 Å². The molecule has 2 atom stereocenters. The Balaban J connectivity index is 1.49. The molecule has 0 aliphatic heterocycles. The molecule has 1 unspecified atom stereocenters. The van der Waals surface area contributed by atoms with E-state index in [-0.39, 0.29) is 18.2 Å². The van der Waals surface area contributed by atoms with Gasteiger partial charge in [-0.3, -0.25) is 15.0 Å². The SMILES string of the molecule is NNC(=O)[C@H](Cc1cnc[nH]1)NC(=O)C(CCCCc1ccccc1)Cc1cccc2ccccc12. The maximum absolute atomic E-state index is 13.5. The van der Waals surface area contributed by atoms with E-state index in [1.807, 2.05) is 24.3 Å². The van der Waals surface area contributed by atoms with E-state index in [4.69, 9.17) is 5.84 Å². The molecule has 3 aromatic carbocycles. The van der Waals surface area contributed by atoms with Gasteiger partial charge in [0.05, 0.1) is 6.33 Å². The van der Waals surface area contributed by atoms with Crippen LogP contribution in [0.2, 0.25) is 0 Å². The van der Waals surface area contributed by atoms with Gasteiger partial charge in [0.2, 0.25) is 5.91 Å². The van der Waals surface area contributed by atoms with Crippen LogP contribution in [0.4, 0.5) is 0 Å². The number of fused-ring (bicyclic) bond motifs is 1. The molecule has 0 radical (unpaired) electrons. The van der Waals surface area contributed by atoms with Gasteiger partial charge in [-0.2, -0.15) is 0 Å². The second-order valence-corrected chi connectivity index (χ2v) is 9.12. The smallest absolute Gasteiger partial charge is 0.256 e. The number of imidazole rings is 1. The largest absolute Gasteiger partial charge is 0.348 e. The van der Waals surface area contributed by atoms with Crippen molar-refractivity contribution < 1.29 is 9.59 Å². The van der Waals surface area contributed by atoms with Crippen molar-refractivity contribution in [3.8, 4) is 0 Å². The molecule has 5 N–H and O–H groups in total. The first-order chi connectivity index (χ1) is 17.6. The first-order valence-corrected chi connectivity index (χ1v) is 12.4. The number of carbonyl (C=O) groups is 2. The zero-order valence-corrected chi connectivity index (χ0v) is 20.3. The summed E-state index contributed by atoms with van der Waals surface area (Å²) in [6.07, 6.45) is 7.66. The van der Waals surface area contributed by atoms with E-state index in [9.17, 15) is 9.59 Å². The van der Waals surface area contributed by atoms with Gasteiger partial charge in [-0.25, -0.2) is 10.8 Å². The molecule has 7 heteroatoms. The Hall–Kier alpha value is -3.97. The monoisotopic (exact) mass is 483 g/mol. The average molecular weight is 484 g/mol. The number of nitrogens with one attached hydrogen (secondary N) is 3. The van der Waals surface area contributed by atoms with Crippen LogP contribution in [0.3, 0.4) is 0 Å². The number of benzene rings is 3. The van der Waals surface area contributed by atoms with Crippen LogP contribution in [0.15, 0.2) is 85.3 Å². The molecule has 2 amide bonds. The molecule has 0 saturated heterocycles. The number of aryl methyl sites for hydroxylation is 1. The molecule has 7 nitrogen and oxygen atoms in total. The van der Waals surface area contributed by atoms with E-state index in [1.54, 1.807) is 12.5 Å². The number of rotatable bonds is 12. The highest BCUT2D eigenvalue weighted by Crippen LogP contribution is 2.24. The quantitative estimate of drug-likeness (QED) is 0.106. The zero-order chi connectivity index (χ0) is 25.2. The van der Waals surface area contributed by atoms with Gasteiger partial charge in [0.25, 0.3) is 5.91 Å². The molecule has 1 aromatic heterocycles. The minimum Gasteiger partial charge on any atom is -0.348 e. The van der Waals surface area contributed by atoms with E-state index < -0.39 is 11.9 Å². The normalized spacial score (nSPS) is 12.7. The number of hydrogen-bond acceptors (Lipinski definition) is 4. The molecule has 4 aromatic rings. The highest BCUT2D eigenvalue weighted by Gasteiger charge is 2.26. The molecular weight excluding hydrogens is 450 g/mol. The zero-order valence-electron chi connectivity index (χ0n) is 20.3. The highest BCUT2D eigenvalue weighted by molar-refractivity contribution is 5.89. The van der Waals surface area contributed by atoms with Gasteiger partial charge in [0.15, 0.2) is 0 Å². The molecule has 186 valence electrons. The predicted molar refractivity (Wildman–Crippen MR) is 142 cm³/mol. The van der Waals surface area contributed by atoms with E-state index >= 15 is 0 Å². The molecule has 4 rings (SSSR count). The van der Waals surface area contributed by atoms with Crippen molar-refractivity contribution in [3.63, 3.8) is 0 Å². The summed E-state index contributed by atoms with van der Waals surface area (Å²) in [6, 6.07) is 24.0. The lowest BCUT2D eigenvalue weighted by Crippen LogP contribution is -2.51. The van der Waals surface area contributed by atoms with Crippen molar-refractivity contribution in [1.82, 2.24) is 20.7 Å². The number of hydrogen-bond donors (Lipinski definition) is 4. The van der Waals surface area contributed by atoms with Crippen LogP contribution >= 0.6 is 0 Å². The van der Waals surface area contributed by atoms with Gasteiger partial charge in [-0.15, -0.1) is 0 Å². The second kappa shape index (κ2) is 12.7. The summed E-state index contributed by atoms with van der Waals surface area (Å²) in [5, 5.41) is 5.25. The number of carbonyl (C=O) groups excluding carboxylic acids is 2. The maximum Gasteiger partial charge on any atom is 0.256 e. The van der Waals surface area contributed by atoms with E-state index in [2.05, 4.69) is 69.2 Å². The predicted octanol–water partition coefficient (Wildman–Crippen LogP) is 3.85. The third kappa shape index (κ3) is 6.79. The molecule has 0 spiro atoms. The third-order valence-corrected chi connectivity index (χ3v) is 6.58. The summed E-state index contributed by atoms with van der Waals surface area (Å²) in [7, 11) is 0. The summed E-state index contributed by atoms with van der Waals surface area (Å²) in [6.45, 7) is 0. The highest BCUT2D eigenvalue weighted by atomic mass is 16.2. The van der Waals surface area contributed by atoms with Crippen molar-refractivity contribution >= 4 is 22.6 Å². The molecule has 1 heterocycles. The molecule has 0 aliphatic carbocycles. The van der Waals surface area contributed by atoms with E-state index in [1.165, 1.54) is 5.56 Å². The number of nitrogens with two attached hydrogens (primary N) is 1. The van der Waals surface area contributed by atoms with Crippen LogP contribution in [-0.2, 0) is 28.9 Å². The van der Waals surface area contributed by atoms with Gasteiger partial charge in [-0.1, -0.05) is 79.2 Å². The van der Waals surface area contributed by atoms with Crippen LogP contribution in [-0.4, -0.2) is 27.8 Å². The van der Waals surface area contributed by atoms with Crippen LogP contribution < -0.4 is 16.6 Å². The van der Waals surface area contributed by atoms with Gasteiger partial charge >= 0.3 is 0 Å². The average Bonchev–Trinajstić information content (AvgIpc) is 3.43. The molecule has 36 heavy (non-hydrogen) atoms. The Kier molecular flexibility index (Phi) is 8.83. The molecule has 0 aliphatic rings. The standard InChI is InChI=1S/C29H33N5O2/c30-34-29(36)27(18-25-19-31-20-32-25)33-28(35)24(13-5-4-11-21-9-2-1-3-10-21)17-23-15-8-14-22-12-6-7-16-26(22)23/h1-3,6-10,12,14-16,19-20,24,27H,4-5,11,13,17-18,30H2,(H,31,32)(H,33,35)(H,34,36)/t24?,27-/m0/s1. The molecule has 0 bridgehead atoms. The fourth-order valence-electron chi connectivity index (χ4n) is 4.64. The Labute approximate surface area is 211 Å². The number of amides is 2. The van der Waals surface area contributed by atoms with Gasteiger partial charge in [0, 0.05) is 24.2 Å². The van der Waals surface area contributed by atoms with Crippen molar-refractivity contribution in [2.75, 3.05) is 0 Å². The lowest BCUT2D eigenvalue weighted by molar-refractivity contribution is -0.131. The van der Waals surface area contributed by atoms with E-state index in [0.717, 1.165) is 47.7 Å². The maximum atomic E-state index is 13.5. The number of nitrogens with zero attached hydrogens (tertiary/aromatic N) is 1. The first kappa shape index (κ1) is 25.1. The van der Waals surface area contributed by atoms with E-state index in [0.29, 0.717) is 6.42 Å². The van der Waals surface area contributed by atoms with Crippen LogP contribution in [0, 0.1) is 5.92 Å². The van der Waals surface area contributed by atoms with Crippen molar-refractivity contribution in [3.05, 3.63) is 102 Å². The van der Waals surface area contributed by atoms with Crippen molar-refractivity contribution in [1.29, 1.82) is 0 Å². The second-order valence-electron chi connectivity index (χ2n) is 9.12. The number of aromatic nitrogens is 2. The third-order valence-electron chi connectivity index (χ3n) is 6.58. The molecule has 0 fully saturated rings. The van der Waals surface area contributed by atoms with Crippen LogP contribution in [0.1, 0.15) is 36.1 Å². The fourth-order valence-corrected chi connectivity index (χ4v) is 4.64. The summed E-state index contributed by atoms with van der Waals surface area (Å²) in [5.41, 5.74) is 5.35. The number of aromatic amines is 1. The van der Waals surface area contributed by atoms with Crippen LogP contribution in [0.5, 0.6) is 0 Å². The van der Waals surface area contributed by atoms with Gasteiger partial charge < -0.3 is 10.3 Å². The lowest BCUT2D eigenvalue weighted by atomic mass is 9.89. The summed E-state index contributed by atoms with van der Waals surface area (Å²) < 4.78 is 0. The lowest BCUT2D eigenvalue weighted by Gasteiger charge is -2.22. The number of hydrazine groups is 1. The Morgan fingerprint density at radius 3 is 2.44 bits per heavy atom. The Morgan fingerprint density at radius 1 is 0.889 bits per heavy atom.